The molecule has 21 heavy (non-hydrogen) atoms. The van der Waals surface area contributed by atoms with Crippen LogP contribution in [-0.2, 0) is 11.3 Å². The Bertz CT molecular complexity index is 371. The molecule has 0 amide bonds. The van der Waals surface area contributed by atoms with E-state index >= 15 is 0 Å². The van der Waals surface area contributed by atoms with E-state index in [9.17, 15) is 5.11 Å². The van der Waals surface area contributed by atoms with Gasteiger partial charge in [0.1, 0.15) is 18.5 Å². The zero-order valence-corrected chi connectivity index (χ0v) is 13.1. The molecule has 1 aromatic rings. The summed E-state index contributed by atoms with van der Waals surface area (Å²) in [5, 5.41) is 9.80. The molecular weight excluding hydrogens is 266 g/mol. The maximum Gasteiger partial charge on any atom is 0.119 e. The van der Waals surface area contributed by atoms with Crippen molar-refractivity contribution >= 4 is 0 Å². The van der Waals surface area contributed by atoms with Crippen LogP contribution in [0, 0.1) is 0 Å². The summed E-state index contributed by atoms with van der Waals surface area (Å²) in [6.07, 6.45) is 5.48. The van der Waals surface area contributed by atoms with Crippen molar-refractivity contribution in [2.24, 2.45) is 5.73 Å². The number of hydrogen-bond acceptors (Lipinski definition) is 4. The minimum atomic E-state index is -0.595. The molecule has 0 saturated carbocycles. The number of aliphatic hydroxyl groups excluding tert-OH is 1. The molecular formula is C17H29NO3. The van der Waals surface area contributed by atoms with E-state index in [0.29, 0.717) is 19.8 Å². The van der Waals surface area contributed by atoms with Gasteiger partial charge < -0.3 is 20.3 Å². The minimum absolute atomic E-state index is 0.240. The van der Waals surface area contributed by atoms with Crippen molar-refractivity contribution in [2.45, 2.75) is 51.7 Å². The first kappa shape index (κ1) is 18.0. The normalized spacial score (nSPS) is 12.3. The summed E-state index contributed by atoms with van der Waals surface area (Å²) >= 11 is 0. The number of unbranched alkanes of at least 4 members (excludes halogenated alkanes) is 4. The Morgan fingerprint density at radius 2 is 1.95 bits per heavy atom. The second kappa shape index (κ2) is 11.5. The van der Waals surface area contributed by atoms with Crippen LogP contribution in [0.1, 0.15) is 44.6 Å². The fourth-order valence-corrected chi connectivity index (χ4v) is 2.03. The molecule has 0 fully saturated rings. The smallest absolute Gasteiger partial charge is 0.119 e. The Kier molecular flexibility index (Phi) is 9.87. The van der Waals surface area contributed by atoms with Gasteiger partial charge in [-0.1, -0.05) is 44.7 Å². The lowest BCUT2D eigenvalue weighted by Gasteiger charge is -2.13. The third kappa shape index (κ3) is 8.71. The molecule has 4 heteroatoms. The van der Waals surface area contributed by atoms with Crippen molar-refractivity contribution in [3.63, 3.8) is 0 Å². The molecule has 0 spiro atoms. The van der Waals surface area contributed by atoms with Crippen LogP contribution >= 0.6 is 0 Å². The molecule has 1 atom stereocenters. The van der Waals surface area contributed by atoms with Crippen molar-refractivity contribution in [3.8, 4) is 5.75 Å². The Morgan fingerprint density at radius 3 is 2.71 bits per heavy atom. The van der Waals surface area contributed by atoms with Crippen molar-refractivity contribution < 1.29 is 14.6 Å². The lowest BCUT2D eigenvalue weighted by atomic mass is 10.2. The van der Waals surface area contributed by atoms with Crippen molar-refractivity contribution in [1.82, 2.24) is 0 Å². The van der Waals surface area contributed by atoms with Crippen LogP contribution in [0.25, 0.3) is 0 Å². The molecule has 4 nitrogen and oxygen atoms in total. The molecule has 0 aliphatic heterocycles. The quantitative estimate of drug-likeness (QED) is 0.582. The Hall–Kier alpha value is -1.10. The van der Waals surface area contributed by atoms with Gasteiger partial charge in [0.2, 0.25) is 0 Å². The molecule has 0 saturated heterocycles. The topological polar surface area (TPSA) is 64.7 Å². The first-order chi connectivity index (χ1) is 10.3. The summed E-state index contributed by atoms with van der Waals surface area (Å²) in [6, 6.07) is 7.60. The van der Waals surface area contributed by atoms with Gasteiger partial charge in [0, 0.05) is 13.2 Å². The lowest BCUT2D eigenvalue weighted by Crippen LogP contribution is -2.23. The maximum absolute atomic E-state index is 9.80. The lowest BCUT2D eigenvalue weighted by molar-refractivity contribution is 0.0109. The summed E-state index contributed by atoms with van der Waals surface area (Å²) in [4.78, 5) is 0. The van der Waals surface area contributed by atoms with Crippen LogP contribution in [0.3, 0.4) is 0 Å². The number of hydrogen-bond donors (Lipinski definition) is 2. The summed E-state index contributed by atoms with van der Waals surface area (Å²) in [6.45, 7) is 3.97. The Morgan fingerprint density at radius 1 is 1.14 bits per heavy atom. The average molecular weight is 295 g/mol. The molecule has 0 bridgehead atoms. The van der Waals surface area contributed by atoms with Gasteiger partial charge in [0.15, 0.2) is 0 Å². The summed E-state index contributed by atoms with van der Waals surface area (Å²) < 4.78 is 11.0. The highest BCUT2D eigenvalue weighted by Gasteiger charge is 2.05. The van der Waals surface area contributed by atoms with Gasteiger partial charge in [-0.15, -0.1) is 0 Å². The predicted octanol–water partition coefficient (Wildman–Crippen LogP) is 2.87. The zero-order chi connectivity index (χ0) is 15.3. The van der Waals surface area contributed by atoms with Gasteiger partial charge in [-0.05, 0) is 24.1 Å². The summed E-state index contributed by atoms with van der Waals surface area (Å²) in [5.74, 6) is 0.733. The number of rotatable bonds is 12. The van der Waals surface area contributed by atoms with Gasteiger partial charge in [-0.25, -0.2) is 0 Å². The van der Waals surface area contributed by atoms with E-state index in [2.05, 4.69) is 6.92 Å². The van der Waals surface area contributed by atoms with Crippen LogP contribution in [0.2, 0.25) is 0 Å². The van der Waals surface area contributed by atoms with E-state index in [1.54, 1.807) is 0 Å². The third-order valence-corrected chi connectivity index (χ3v) is 3.28. The third-order valence-electron chi connectivity index (χ3n) is 3.28. The van der Waals surface area contributed by atoms with Crippen LogP contribution in [0.4, 0.5) is 0 Å². The largest absolute Gasteiger partial charge is 0.491 e. The van der Waals surface area contributed by atoms with Gasteiger partial charge in [-0.2, -0.15) is 0 Å². The second-order valence-electron chi connectivity index (χ2n) is 5.31. The van der Waals surface area contributed by atoms with Gasteiger partial charge >= 0.3 is 0 Å². The number of nitrogens with two attached hydrogens (primary N) is 1. The van der Waals surface area contributed by atoms with Gasteiger partial charge in [0.05, 0.1) is 6.61 Å². The van der Waals surface area contributed by atoms with E-state index in [1.165, 1.54) is 25.7 Å². The maximum atomic E-state index is 9.80. The van der Waals surface area contributed by atoms with E-state index in [4.69, 9.17) is 15.2 Å². The SMILES string of the molecule is CCCCCCCOCC(O)COc1cccc(CN)c1. The molecule has 1 rings (SSSR count). The van der Waals surface area contributed by atoms with Gasteiger partial charge in [0.25, 0.3) is 0 Å². The monoisotopic (exact) mass is 295 g/mol. The Labute approximate surface area is 128 Å². The highest BCUT2D eigenvalue weighted by Crippen LogP contribution is 2.13. The van der Waals surface area contributed by atoms with Crippen LogP contribution in [-0.4, -0.2) is 31.0 Å². The number of aliphatic hydroxyl groups is 1. The fraction of sp³-hybridized carbons (Fsp3) is 0.647. The molecule has 120 valence electrons. The summed E-state index contributed by atoms with van der Waals surface area (Å²) in [7, 11) is 0. The standard InChI is InChI=1S/C17H29NO3/c1-2-3-4-5-6-10-20-13-16(19)14-21-17-9-7-8-15(11-17)12-18/h7-9,11,16,19H,2-6,10,12-14,18H2,1H3. The number of benzene rings is 1. The van der Waals surface area contributed by atoms with Crippen LogP contribution < -0.4 is 10.5 Å². The number of ether oxygens (including phenoxy) is 2. The molecule has 3 N–H and O–H groups in total. The van der Waals surface area contributed by atoms with E-state index in [-0.39, 0.29) is 6.61 Å². The van der Waals surface area contributed by atoms with Crippen molar-refractivity contribution in [3.05, 3.63) is 29.8 Å². The minimum Gasteiger partial charge on any atom is -0.491 e. The molecule has 1 unspecified atom stereocenters. The van der Waals surface area contributed by atoms with E-state index in [1.807, 2.05) is 24.3 Å². The Balaban J connectivity index is 2.06. The van der Waals surface area contributed by atoms with Gasteiger partial charge in [-0.3, -0.25) is 0 Å². The van der Waals surface area contributed by atoms with Crippen molar-refractivity contribution in [2.75, 3.05) is 19.8 Å². The molecule has 0 radical (unpaired) electrons. The highest BCUT2D eigenvalue weighted by atomic mass is 16.5. The molecule has 1 aromatic carbocycles. The first-order valence-electron chi connectivity index (χ1n) is 7.94. The highest BCUT2D eigenvalue weighted by molar-refractivity contribution is 5.28. The predicted molar refractivity (Wildman–Crippen MR) is 85.4 cm³/mol. The van der Waals surface area contributed by atoms with Crippen molar-refractivity contribution in [1.29, 1.82) is 0 Å². The molecule has 0 aromatic heterocycles. The second-order valence-corrected chi connectivity index (χ2v) is 5.31. The average Bonchev–Trinajstić information content (AvgIpc) is 2.52. The van der Waals surface area contributed by atoms with Crippen LogP contribution in [0.15, 0.2) is 24.3 Å². The molecule has 0 aliphatic carbocycles. The summed E-state index contributed by atoms with van der Waals surface area (Å²) in [5.41, 5.74) is 6.59. The molecule has 0 heterocycles. The van der Waals surface area contributed by atoms with Crippen LogP contribution in [0.5, 0.6) is 5.75 Å². The zero-order valence-electron chi connectivity index (χ0n) is 13.1. The van der Waals surface area contributed by atoms with E-state index in [0.717, 1.165) is 17.7 Å². The van der Waals surface area contributed by atoms with E-state index < -0.39 is 6.10 Å². The first-order valence-corrected chi connectivity index (χ1v) is 7.94. The fourth-order valence-electron chi connectivity index (χ4n) is 2.03. The molecule has 0 aliphatic rings.